The second kappa shape index (κ2) is 2.54. The van der Waals surface area contributed by atoms with Crippen molar-refractivity contribution in [3.05, 3.63) is 0 Å². The Bertz CT molecular complexity index is 118. The number of hydrogen-bond acceptors (Lipinski definition) is 1. The van der Waals surface area contributed by atoms with E-state index >= 15 is 0 Å². The normalized spacial score (nSPS) is 47.1. The third-order valence-electron chi connectivity index (χ3n) is 3.01. The molecule has 0 aromatic heterocycles. The Morgan fingerprint density at radius 1 is 1.20 bits per heavy atom. The SMILES string of the molecule is CC1CCCCC1C1CO1. The molecule has 0 bridgehead atoms. The number of hydrogen-bond donors (Lipinski definition) is 0. The summed E-state index contributed by atoms with van der Waals surface area (Å²) >= 11 is 0. The molecular weight excluding hydrogens is 124 g/mol. The van der Waals surface area contributed by atoms with Crippen LogP contribution >= 0.6 is 0 Å². The van der Waals surface area contributed by atoms with E-state index in [2.05, 4.69) is 6.92 Å². The molecule has 0 spiro atoms. The minimum absolute atomic E-state index is 0.662. The van der Waals surface area contributed by atoms with Crippen molar-refractivity contribution < 1.29 is 4.74 Å². The van der Waals surface area contributed by atoms with Gasteiger partial charge in [-0.1, -0.05) is 26.2 Å². The van der Waals surface area contributed by atoms with E-state index in [-0.39, 0.29) is 0 Å². The van der Waals surface area contributed by atoms with E-state index in [1.54, 1.807) is 0 Å². The van der Waals surface area contributed by atoms with Crippen LogP contribution in [0.15, 0.2) is 0 Å². The first-order chi connectivity index (χ1) is 4.88. The van der Waals surface area contributed by atoms with Gasteiger partial charge in [0.05, 0.1) is 12.7 Å². The second-order valence-corrected chi connectivity index (χ2v) is 3.80. The van der Waals surface area contributed by atoms with Crippen LogP contribution in [0.4, 0.5) is 0 Å². The molecule has 0 radical (unpaired) electrons. The van der Waals surface area contributed by atoms with Crippen molar-refractivity contribution >= 4 is 0 Å². The molecule has 1 heteroatoms. The molecule has 0 amide bonds. The first kappa shape index (κ1) is 6.66. The molecule has 1 nitrogen and oxygen atoms in total. The van der Waals surface area contributed by atoms with Crippen LogP contribution in [0, 0.1) is 11.8 Å². The third-order valence-corrected chi connectivity index (χ3v) is 3.01. The van der Waals surface area contributed by atoms with Crippen molar-refractivity contribution in [3.8, 4) is 0 Å². The summed E-state index contributed by atoms with van der Waals surface area (Å²) < 4.78 is 5.32. The maximum Gasteiger partial charge on any atom is 0.0840 e. The van der Waals surface area contributed by atoms with Crippen molar-refractivity contribution in [2.75, 3.05) is 6.61 Å². The van der Waals surface area contributed by atoms with Gasteiger partial charge in [-0.05, 0) is 18.3 Å². The highest BCUT2D eigenvalue weighted by Gasteiger charge is 2.36. The quantitative estimate of drug-likeness (QED) is 0.509. The smallest absolute Gasteiger partial charge is 0.0840 e. The van der Waals surface area contributed by atoms with Gasteiger partial charge in [0, 0.05) is 0 Å². The summed E-state index contributed by atoms with van der Waals surface area (Å²) in [5.74, 6) is 1.84. The summed E-state index contributed by atoms with van der Waals surface area (Å²) in [5, 5.41) is 0. The van der Waals surface area contributed by atoms with E-state index in [1.165, 1.54) is 25.7 Å². The highest BCUT2D eigenvalue weighted by atomic mass is 16.6. The Hall–Kier alpha value is -0.0400. The van der Waals surface area contributed by atoms with E-state index in [9.17, 15) is 0 Å². The molecule has 10 heavy (non-hydrogen) atoms. The maximum absolute atomic E-state index is 5.32. The summed E-state index contributed by atoms with van der Waals surface area (Å²) in [6, 6.07) is 0. The van der Waals surface area contributed by atoms with Crippen molar-refractivity contribution in [3.63, 3.8) is 0 Å². The molecule has 3 unspecified atom stereocenters. The Labute approximate surface area is 62.8 Å². The molecule has 0 aromatic rings. The molecule has 0 aromatic carbocycles. The van der Waals surface area contributed by atoms with Crippen molar-refractivity contribution in [2.24, 2.45) is 11.8 Å². The third kappa shape index (κ3) is 1.20. The van der Waals surface area contributed by atoms with Gasteiger partial charge in [-0.25, -0.2) is 0 Å². The van der Waals surface area contributed by atoms with Crippen LogP contribution in [0.25, 0.3) is 0 Å². The van der Waals surface area contributed by atoms with E-state index in [0.717, 1.165) is 18.4 Å². The van der Waals surface area contributed by atoms with Crippen LogP contribution in [0.3, 0.4) is 0 Å². The molecule has 1 heterocycles. The van der Waals surface area contributed by atoms with Gasteiger partial charge < -0.3 is 4.74 Å². The van der Waals surface area contributed by atoms with Gasteiger partial charge in [0.2, 0.25) is 0 Å². The van der Waals surface area contributed by atoms with Gasteiger partial charge in [0.15, 0.2) is 0 Å². The lowest BCUT2D eigenvalue weighted by Gasteiger charge is -2.26. The van der Waals surface area contributed by atoms with E-state index in [1.807, 2.05) is 0 Å². The fourth-order valence-electron chi connectivity index (χ4n) is 2.20. The van der Waals surface area contributed by atoms with Crippen molar-refractivity contribution in [2.45, 2.75) is 38.7 Å². The Balaban J connectivity index is 1.90. The summed E-state index contributed by atoms with van der Waals surface area (Å²) in [4.78, 5) is 0. The summed E-state index contributed by atoms with van der Waals surface area (Å²) in [7, 11) is 0. The molecule has 3 atom stereocenters. The predicted octanol–water partition coefficient (Wildman–Crippen LogP) is 2.21. The van der Waals surface area contributed by atoms with Crippen LogP contribution in [0.1, 0.15) is 32.6 Å². The molecule has 1 saturated heterocycles. The lowest BCUT2D eigenvalue weighted by molar-refractivity contribution is 0.199. The standard InChI is InChI=1S/C9H16O/c1-7-4-2-3-5-8(7)9-6-10-9/h7-9H,2-6H2,1H3. The van der Waals surface area contributed by atoms with E-state index in [0.29, 0.717) is 6.10 Å². The average Bonchev–Trinajstić information content (AvgIpc) is 2.71. The molecule has 2 rings (SSSR count). The van der Waals surface area contributed by atoms with Gasteiger partial charge in [-0.2, -0.15) is 0 Å². The zero-order chi connectivity index (χ0) is 6.97. The second-order valence-electron chi connectivity index (χ2n) is 3.80. The first-order valence-corrected chi connectivity index (χ1v) is 4.49. The fraction of sp³-hybridized carbons (Fsp3) is 1.00. The summed E-state index contributed by atoms with van der Waals surface area (Å²) in [6.45, 7) is 3.43. The largest absolute Gasteiger partial charge is 0.373 e. The van der Waals surface area contributed by atoms with Gasteiger partial charge in [0.1, 0.15) is 0 Å². The van der Waals surface area contributed by atoms with Crippen LogP contribution in [-0.4, -0.2) is 12.7 Å². The van der Waals surface area contributed by atoms with Crippen molar-refractivity contribution in [1.82, 2.24) is 0 Å². The average molecular weight is 140 g/mol. The van der Waals surface area contributed by atoms with Crippen molar-refractivity contribution in [1.29, 1.82) is 0 Å². The molecular formula is C9H16O. The van der Waals surface area contributed by atoms with Crippen LogP contribution in [0.5, 0.6) is 0 Å². The Morgan fingerprint density at radius 2 is 1.90 bits per heavy atom. The molecule has 1 aliphatic heterocycles. The molecule has 58 valence electrons. The number of epoxide rings is 1. The zero-order valence-corrected chi connectivity index (χ0v) is 6.68. The van der Waals surface area contributed by atoms with E-state index < -0.39 is 0 Å². The van der Waals surface area contributed by atoms with Gasteiger partial charge in [-0.3, -0.25) is 0 Å². The number of ether oxygens (including phenoxy) is 1. The Kier molecular flexibility index (Phi) is 1.69. The minimum atomic E-state index is 0.662. The highest BCUT2D eigenvalue weighted by Crippen LogP contribution is 2.37. The van der Waals surface area contributed by atoms with Crippen LogP contribution in [-0.2, 0) is 4.74 Å². The topological polar surface area (TPSA) is 12.5 Å². The van der Waals surface area contributed by atoms with Gasteiger partial charge >= 0.3 is 0 Å². The minimum Gasteiger partial charge on any atom is -0.373 e. The number of rotatable bonds is 1. The summed E-state index contributed by atoms with van der Waals surface area (Å²) in [6.07, 6.45) is 6.41. The van der Waals surface area contributed by atoms with E-state index in [4.69, 9.17) is 4.74 Å². The lowest BCUT2D eigenvalue weighted by Crippen LogP contribution is -2.21. The molecule has 1 aliphatic carbocycles. The van der Waals surface area contributed by atoms with Gasteiger partial charge in [0.25, 0.3) is 0 Å². The predicted molar refractivity (Wildman–Crippen MR) is 40.9 cm³/mol. The monoisotopic (exact) mass is 140 g/mol. The molecule has 1 saturated carbocycles. The lowest BCUT2D eigenvalue weighted by atomic mass is 9.79. The maximum atomic E-state index is 5.32. The van der Waals surface area contributed by atoms with Gasteiger partial charge in [-0.15, -0.1) is 0 Å². The first-order valence-electron chi connectivity index (χ1n) is 4.49. The molecule has 0 N–H and O–H groups in total. The molecule has 2 fully saturated rings. The Morgan fingerprint density at radius 3 is 2.50 bits per heavy atom. The molecule has 2 aliphatic rings. The highest BCUT2D eigenvalue weighted by molar-refractivity contribution is 4.85. The fourth-order valence-corrected chi connectivity index (χ4v) is 2.20. The van der Waals surface area contributed by atoms with Crippen LogP contribution < -0.4 is 0 Å². The van der Waals surface area contributed by atoms with Crippen LogP contribution in [0.2, 0.25) is 0 Å². The summed E-state index contributed by atoms with van der Waals surface area (Å²) in [5.41, 5.74) is 0. The zero-order valence-electron chi connectivity index (χ0n) is 6.68.